The monoisotopic (exact) mass is 370 g/mol. The van der Waals surface area contributed by atoms with Crippen LogP contribution in [0, 0.1) is 6.92 Å². The molecule has 5 nitrogen and oxygen atoms in total. The summed E-state index contributed by atoms with van der Waals surface area (Å²) in [4.78, 5) is 0. The molecule has 0 aliphatic rings. The van der Waals surface area contributed by atoms with Crippen LogP contribution in [0.1, 0.15) is 11.3 Å². The molecule has 2 heterocycles. The molecule has 7 heteroatoms. The second kappa shape index (κ2) is 6.02. The van der Waals surface area contributed by atoms with Crippen LogP contribution in [0.2, 0.25) is 10.0 Å². The number of benzene rings is 2. The Labute approximate surface area is 153 Å². The van der Waals surface area contributed by atoms with Gasteiger partial charge in [0.2, 0.25) is 0 Å². The van der Waals surface area contributed by atoms with E-state index in [-0.39, 0.29) is 15.8 Å². The highest BCUT2D eigenvalue weighted by Crippen LogP contribution is 2.32. The molecule has 25 heavy (non-hydrogen) atoms. The SMILES string of the molecule is Cc1nn2c(-c3ccccc3)nnc2/c1=C\c1cc(Cl)c(O)c(Cl)c1. The minimum Gasteiger partial charge on any atom is -0.505 e. The number of rotatable bonds is 2. The lowest BCUT2D eigenvalue weighted by Crippen LogP contribution is -2.03. The van der Waals surface area contributed by atoms with E-state index in [1.807, 2.05) is 43.3 Å². The van der Waals surface area contributed by atoms with Crippen LogP contribution in [-0.4, -0.2) is 24.9 Å². The Morgan fingerprint density at radius 2 is 1.72 bits per heavy atom. The van der Waals surface area contributed by atoms with Crippen LogP contribution in [0.5, 0.6) is 5.75 Å². The van der Waals surface area contributed by atoms with Crippen molar-refractivity contribution in [1.82, 2.24) is 19.8 Å². The van der Waals surface area contributed by atoms with Crippen molar-refractivity contribution < 1.29 is 5.11 Å². The molecule has 0 spiro atoms. The predicted molar refractivity (Wildman–Crippen MR) is 97.9 cm³/mol. The zero-order valence-corrected chi connectivity index (χ0v) is 14.6. The number of phenols is 1. The average Bonchev–Trinajstić information content (AvgIpc) is 3.13. The molecule has 0 radical (unpaired) electrons. The van der Waals surface area contributed by atoms with Crippen molar-refractivity contribution in [2.24, 2.45) is 0 Å². The zero-order chi connectivity index (χ0) is 17.6. The lowest BCUT2D eigenvalue weighted by Gasteiger charge is -2.01. The lowest BCUT2D eigenvalue weighted by molar-refractivity contribution is 0.476. The van der Waals surface area contributed by atoms with Crippen molar-refractivity contribution in [3.63, 3.8) is 0 Å². The zero-order valence-electron chi connectivity index (χ0n) is 13.1. The maximum atomic E-state index is 9.70. The third-order valence-electron chi connectivity index (χ3n) is 3.90. The summed E-state index contributed by atoms with van der Waals surface area (Å²) in [6, 6.07) is 13.0. The molecular formula is C18H12Cl2N4O. The van der Waals surface area contributed by atoms with Crippen molar-refractivity contribution >= 4 is 34.9 Å². The van der Waals surface area contributed by atoms with Gasteiger partial charge in [0.15, 0.2) is 17.2 Å². The Morgan fingerprint density at radius 3 is 2.40 bits per heavy atom. The molecule has 0 saturated carbocycles. The lowest BCUT2D eigenvalue weighted by atomic mass is 10.1. The molecule has 1 N–H and O–H groups in total. The van der Waals surface area contributed by atoms with Gasteiger partial charge in [-0.1, -0.05) is 53.5 Å². The van der Waals surface area contributed by atoms with Gasteiger partial charge in [0.25, 0.3) is 0 Å². The van der Waals surface area contributed by atoms with E-state index in [0.717, 1.165) is 22.0 Å². The fourth-order valence-corrected chi connectivity index (χ4v) is 3.18. The first kappa shape index (κ1) is 15.9. The van der Waals surface area contributed by atoms with E-state index in [2.05, 4.69) is 15.3 Å². The van der Waals surface area contributed by atoms with E-state index in [1.54, 1.807) is 16.6 Å². The molecule has 124 valence electrons. The predicted octanol–water partition coefficient (Wildman–Crippen LogP) is 3.66. The van der Waals surface area contributed by atoms with E-state index in [0.29, 0.717) is 11.5 Å². The molecule has 0 saturated heterocycles. The van der Waals surface area contributed by atoms with Crippen molar-refractivity contribution in [3.05, 3.63) is 69.0 Å². The van der Waals surface area contributed by atoms with Gasteiger partial charge < -0.3 is 5.11 Å². The van der Waals surface area contributed by atoms with E-state index in [9.17, 15) is 5.11 Å². The Kier molecular flexibility index (Phi) is 3.82. The van der Waals surface area contributed by atoms with Crippen molar-refractivity contribution in [1.29, 1.82) is 0 Å². The summed E-state index contributed by atoms with van der Waals surface area (Å²) in [5.74, 6) is 0.553. The highest BCUT2D eigenvalue weighted by atomic mass is 35.5. The maximum absolute atomic E-state index is 9.70. The van der Waals surface area contributed by atoms with Gasteiger partial charge in [0.1, 0.15) is 0 Å². The first-order valence-corrected chi connectivity index (χ1v) is 8.27. The Morgan fingerprint density at radius 1 is 1.04 bits per heavy atom. The Hall–Kier alpha value is -2.63. The smallest absolute Gasteiger partial charge is 0.187 e. The maximum Gasteiger partial charge on any atom is 0.187 e. The minimum atomic E-state index is -0.128. The highest BCUT2D eigenvalue weighted by Gasteiger charge is 2.14. The van der Waals surface area contributed by atoms with Crippen LogP contribution in [0.25, 0.3) is 23.1 Å². The fourth-order valence-electron chi connectivity index (χ4n) is 2.68. The molecule has 4 aromatic rings. The molecule has 4 rings (SSSR count). The molecule has 0 aliphatic heterocycles. The van der Waals surface area contributed by atoms with Gasteiger partial charge in [0.05, 0.1) is 15.7 Å². The van der Waals surface area contributed by atoms with E-state index < -0.39 is 0 Å². The van der Waals surface area contributed by atoms with Gasteiger partial charge in [-0.05, 0) is 30.7 Å². The number of aryl methyl sites for hydroxylation is 1. The third kappa shape index (κ3) is 2.71. The van der Waals surface area contributed by atoms with Crippen LogP contribution in [0.4, 0.5) is 0 Å². The molecule has 0 atom stereocenters. The van der Waals surface area contributed by atoms with Gasteiger partial charge in [-0.25, -0.2) is 0 Å². The van der Waals surface area contributed by atoms with Gasteiger partial charge >= 0.3 is 0 Å². The molecule has 0 bridgehead atoms. The number of hydrogen-bond acceptors (Lipinski definition) is 4. The first-order valence-electron chi connectivity index (χ1n) is 7.51. The second-order valence-electron chi connectivity index (χ2n) is 5.60. The number of fused-ring (bicyclic) bond motifs is 1. The molecule has 2 aromatic carbocycles. The van der Waals surface area contributed by atoms with Crippen LogP contribution in [0.15, 0.2) is 42.5 Å². The van der Waals surface area contributed by atoms with E-state index in [1.165, 1.54) is 0 Å². The standard InChI is InChI=1S/C18H12Cl2N4O/c1-10-13(7-11-8-14(19)16(25)15(20)9-11)18-22-21-17(24(18)23-10)12-5-3-2-4-6-12/h2-9,25H,1H3/b13-7-. The summed E-state index contributed by atoms with van der Waals surface area (Å²) < 4.78 is 1.72. The third-order valence-corrected chi connectivity index (χ3v) is 4.48. The first-order chi connectivity index (χ1) is 12.0. The number of phenolic OH excluding ortho intramolecular Hbond substituents is 1. The summed E-state index contributed by atoms with van der Waals surface area (Å²) in [5.41, 5.74) is 3.14. The molecular weight excluding hydrogens is 359 g/mol. The molecule has 0 amide bonds. The second-order valence-corrected chi connectivity index (χ2v) is 6.42. The number of halogens is 2. The summed E-state index contributed by atoms with van der Waals surface area (Å²) in [6.07, 6.45) is 1.87. The van der Waals surface area contributed by atoms with E-state index in [4.69, 9.17) is 23.2 Å². The largest absolute Gasteiger partial charge is 0.505 e. The number of hydrogen-bond donors (Lipinski definition) is 1. The number of nitrogens with zero attached hydrogens (tertiary/aromatic N) is 4. The summed E-state index contributed by atoms with van der Waals surface area (Å²) in [5, 5.41) is 24.0. The molecule has 0 unspecified atom stereocenters. The van der Waals surface area contributed by atoms with Gasteiger partial charge in [0, 0.05) is 10.8 Å². The van der Waals surface area contributed by atoms with Gasteiger partial charge in [-0.15, -0.1) is 10.2 Å². The Balaban J connectivity index is 1.92. The van der Waals surface area contributed by atoms with Crippen molar-refractivity contribution in [2.75, 3.05) is 0 Å². The minimum absolute atomic E-state index is 0.128. The topological polar surface area (TPSA) is 63.3 Å². The van der Waals surface area contributed by atoms with Crippen molar-refractivity contribution in [2.45, 2.75) is 6.92 Å². The summed E-state index contributed by atoms with van der Waals surface area (Å²) >= 11 is 12.0. The van der Waals surface area contributed by atoms with Crippen LogP contribution in [-0.2, 0) is 0 Å². The van der Waals surface area contributed by atoms with Gasteiger partial charge in [-0.2, -0.15) is 9.61 Å². The average molecular weight is 371 g/mol. The number of aromatic hydroxyl groups is 1. The molecule has 0 fully saturated rings. The molecule has 0 aliphatic carbocycles. The van der Waals surface area contributed by atoms with Crippen LogP contribution < -0.4 is 5.22 Å². The summed E-state index contributed by atoms with van der Waals surface area (Å²) in [6.45, 7) is 1.90. The quantitative estimate of drug-likeness (QED) is 0.584. The Bertz CT molecular complexity index is 1120. The van der Waals surface area contributed by atoms with Crippen molar-refractivity contribution in [3.8, 4) is 17.1 Å². The summed E-state index contributed by atoms with van der Waals surface area (Å²) in [7, 11) is 0. The number of aromatic nitrogens is 4. The highest BCUT2D eigenvalue weighted by molar-refractivity contribution is 6.37. The normalized spacial score (nSPS) is 12.2. The van der Waals surface area contributed by atoms with Crippen LogP contribution in [0.3, 0.4) is 0 Å². The van der Waals surface area contributed by atoms with Crippen LogP contribution >= 0.6 is 23.2 Å². The fraction of sp³-hybridized carbons (Fsp3) is 0.0556. The van der Waals surface area contributed by atoms with E-state index >= 15 is 0 Å². The van der Waals surface area contributed by atoms with Gasteiger partial charge in [-0.3, -0.25) is 0 Å². The molecule has 2 aromatic heterocycles.